The highest BCUT2D eigenvalue weighted by Crippen LogP contribution is 2.50. The van der Waals surface area contributed by atoms with Crippen LogP contribution in [-0.2, 0) is 38.5 Å². The topological polar surface area (TPSA) is 6.48 Å². The van der Waals surface area contributed by atoms with E-state index in [1.165, 1.54) is 109 Å². The summed E-state index contributed by atoms with van der Waals surface area (Å²) in [6.07, 6.45) is 20.5. The number of aryl methyl sites for hydroxylation is 6. The van der Waals surface area contributed by atoms with Gasteiger partial charge in [0, 0.05) is 22.6 Å². The molecule has 0 saturated carbocycles. The Balaban J connectivity index is 1.61. The SMILES string of the molecule is CCCCc1ccc(-c2cc(CCCC)ccc2N(c2ccc(CCCC)cc2)c2cc(CCCC)cc(N(c3ccc(CCCC)cc3)c3ccc(CCCC)cc3)c2Cl)cc1. The van der Waals surface area contributed by atoms with Gasteiger partial charge in [-0.15, -0.1) is 0 Å². The van der Waals surface area contributed by atoms with Crippen LogP contribution in [0.5, 0.6) is 0 Å². The maximum Gasteiger partial charge on any atom is 0.0887 e. The second-order valence-electron chi connectivity index (χ2n) is 17.8. The average Bonchev–Trinajstić information content (AvgIpc) is 3.32. The van der Waals surface area contributed by atoms with Crippen LogP contribution < -0.4 is 9.80 Å². The minimum absolute atomic E-state index is 0.742. The molecule has 63 heavy (non-hydrogen) atoms. The number of rotatable bonds is 25. The van der Waals surface area contributed by atoms with Crippen LogP contribution in [0.4, 0.5) is 34.1 Å². The number of benzene rings is 6. The van der Waals surface area contributed by atoms with Crippen molar-refractivity contribution in [3.63, 3.8) is 0 Å². The zero-order valence-corrected chi connectivity index (χ0v) is 40.4. The first-order valence-electron chi connectivity index (χ1n) is 24.8. The van der Waals surface area contributed by atoms with E-state index in [0.717, 1.165) is 90.5 Å². The van der Waals surface area contributed by atoms with Gasteiger partial charge in [-0.3, -0.25) is 0 Å². The molecule has 0 atom stereocenters. The van der Waals surface area contributed by atoms with E-state index in [4.69, 9.17) is 11.6 Å². The molecule has 0 aliphatic rings. The van der Waals surface area contributed by atoms with E-state index in [9.17, 15) is 0 Å². The smallest absolute Gasteiger partial charge is 0.0887 e. The normalized spacial score (nSPS) is 11.3. The Labute approximate surface area is 387 Å². The van der Waals surface area contributed by atoms with Gasteiger partial charge in [-0.1, -0.05) is 158 Å². The van der Waals surface area contributed by atoms with Gasteiger partial charge in [0.25, 0.3) is 0 Å². The van der Waals surface area contributed by atoms with Gasteiger partial charge in [-0.2, -0.15) is 0 Å². The van der Waals surface area contributed by atoms with Gasteiger partial charge in [0.1, 0.15) is 0 Å². The van der Waals surface area contributed by atoms with Crippen molar-refractivity contribution < 1.29 is 0 Å². The third-order valence-corrected chi connectivity index (χ3v) is 13.0. The fourth-order valence-electron chi connectivity index (χ4n) is 8.69. The van der Waals surface area contributed by atoms with Gasteiger partial charge in [0.15, 0.2) is 0 Å². The van der Waals surface area contributed by atoms with Crippen molar-refractivity contribution in [3.05, 3.63) is 166 Å². The Morgan fingerprint density at radius 3 is 1.03 bits per heavy atom. The first-order chi connectivity index (χ1) is 30.9. The second-order valence-corrected chi connectivity index (χ2v) is 18.2. The van der Waals surface area contributed by atoms with Crippen LogP contribution in [0.3, 0.4) is 0 Å². The van der Waals surface area contributed by atoms with Gasteiger partial charge < -0.3 is 9.80 Å². The lowest BCUT2D eigenvalue weighted by atomic mass is 9.95. The van der Waals surface area contributed by atoms with Crippen LogP contribution in [0.2, 0.25) is 5.02 Å². The van der Waals surface area contributed by atoms with E-state index in [1.54, 1.807) is 0 Å². The number of nitrogens with zero attached hydrogens (tertiary/aromatic N) is 2. The summed E-state index contributed by atoms with van der Waals surface area (Å²) < 4.78 is 0. The fraction of sp³-hybridized carbons (Fsp3) is 0.400. The molecule has 3 heteroatoms. The van der Waals surface area contributed by atoms with Gasteiger partial charge in [0.2, 0.25) is 0 Å². The molecular formula is C60H75ClN2. The van der Waals surface area contributed by atoms with E-state index in [1.807, 2.05) is 0 Å². The lowest BCUT2D eigenvalue weighted by Gasteiger charge is -2.33. The number of hydrogen-bond donors (Lipinski definition) is 0. The number of unbranched alkanes of at least 4 members (excludes halogenated alkanes) is 6. The molecule has 0 amide bonds. The molecule has 0 spiro atoms. The summed E-state index contributed by atoms with van der Waals surface area (Å²) in [6, 6.07) is 49.1. The molecule has 0 aromatic heterocycles. The summed E-state index contributed by atoms with van der Waals surface area (Å²) in [5, 5.41) is 0.742. The minimum Gasteiger partial charge on any atom is -0.309 e. The van der Waals surface area contributed by atoms with Crippen LogP contribution in [0.25, 0.3) is 11.1 Å². The Bertz CT molecular complexity index is 2200. The predicted octanol–water partition coefficient (Wildman–Crippen LogP) is 19.0. The van der Waals surface area contributed by atoms with Crippen LogP contribution in [0, 0.1) is 0 Å². The zero-order valence-electron chi connectivity index (χ0n) is 39.6. The molecule has 6 aromatic rings. The number of hydrogen-bond acceptors (Lipinski definition) is 2. The van der Waals surface area contributed by atoms with E-state index in [-0.39, 0.29) is 0 Å². The highest BCUT2D eigenvalue weighted by molar-refractivity contribution is 6.37. The van der Waals surface area contributed by atoms with Gasteiger partial charge in [-0.25, -0.2) is 0 Å². The van der Waals surface area contributed by atoms with E-state index in [0.29, 0.717) is 0 Å². The average molecular weight is 860 g/mol. The molecule has 332 valence electrons. The van der Waals surface area contributed by atoms with Gasteiger partial charge in [-0.05, 0) is 177 Å². The van der Waals surface area contributed by atoms with E-state index in [2.05, 4.69) is 179 Å². The molecule has 0 bridgehead atoms. The van der Waals surface area contributed by atoms with Crippen LogP contribution in [0.1, 0.15) is 152 Å². The van der Waals surface area contributed by atoms with E-state index < -0.39 is 0 Å². The van der Waals surface area contributed by atoms with Crippen molar-refractivity contribution in [3.8, 4) is 11.1 Å². The lowest BCUT2D eigenvalue weighted by molar-refractivity contribution is 0.794. The van der Waals surface area contributed by atoms with Crippen LogP contribution in [-0.4, -0.2) is 0 Å². The van der Waals surface area contributed by atoms with Crippen molar-refractivity contribution in [1.29, 1.82) is 0 Å². The van der Waals surface area contributed by atoms with Crippen molar-refractivity contribution in [2.24, 2.45) is 0 Å². The van der Waals surface area contributed by atoms with Crippen LogP contribution in [0.15, 0.2) is 127 Å². The molecule has 0 saturated heterocycles. The Kier molecular flexibility index (Phi) is 18.8. The predicted molar refractivity (Wildman–Crippen MR) is 278 cm³/mol. The molecule has 0 N–H and O–H groups in total. The fourth-order valence-corrected chi connectivity index (χ4v) is 8.97. The zero-order chi connectivity index (χ0) is 44.4. The molecule has 6 aromatic carbocycles. The monoisotopic (exact) mass is 859 g/mol. The molecule has 0 aliphatic carbocycles. The highest BCUT2D eigenvalue weighted by Gasteiger charge is 2.26. The molecule has 0 fully saturated rings. The second kappa shape index (κ2) is 24.9. The van der Waals surface area contributed by atoms with Crippen molar-refractivity contribution >= 4 is 45.7 Å². The van der Waals surface area contributed by atoms with Crippen LogP contribution >= 0.6 is 11.6 Å². The molecule has 0 radical (unpaired) electrons. The van der Waals surface area contributed by atoms with E-state index >= 15 is 0 Å². The summed E-state index contributed by atoms with van der Waals surface area (Å²) >= 11 is 8.09. The maximum atomic E-state index is 8.09. The molecule has 0 heterocycles. The summed E-state index contributed by atoms with van der Waals surface area (Å²) in [5.74, 6) is 0. The summed E-state index contributed by atoms with van der Waals surface area (Å²) in [7, 11) is 0. The quantitative estimate of drug-likeness (QED) is 0.0566. The first kappa shape index (κ1) is 47.7. The largest absolute Gasteiger partial charge is 0.309 e. The van der Waals surface area contributed by atoms with Gasteiger partial charge in [0.05, 0.1) is 22.1 Å². The first-order valence-corrected chi connectivity index (χ1v) is 25.2. The Morgan fingerprint density at radius 1 is 0.317 bits per heavy atom. The molecule has 6 rings (SSSR count). The molecule has 0 unspecified atom stereocenters. The molecular weight excluding hydrogens is 784 g/mol. The van der Waals surface area contributed by atoms with Gasteiger partial charge >= 0.3 is 0 Å². The Morgan fingerprint density at radius 2 is 0.635 bits per heavy atom. The minimum atomic E-state index is 0.742. The Hall–Kier alpha value is -4.79. The summed E-state index contributed by atoms with van der Waals surface area (Å²) in [4.78, 5) is 4.87. The number of halogens is 1. The van der Waals surface area contributed by atoms with Crippen molar-refractivity contribution in [2.45, 2.75) is 157 Å². The lowest BCUT2D eigenvalue weighted by Crippen LogP contribution is -2.16. The molecule has 0 aliphatic heterocycles. The third-order valence-electron chi connectivity index (χ3n) is 12.6. The highest BCUT2D eigenvalue weighted by atomic mass is 35.5. The molecule has 2 nitrogen and oxygen atoms in total. The summed E-state index contributed by atoms with van der Waals surface area (Å²) in [6.45, 7) is 13.7. The number of anilines is 6. The van der Waals surface area contributed by atoms with Crippen molar-refractivity contribution in [1.82, 2.24) is 0 Å². The standard InChI is InChI=1S/C60H75ClN2/c1-7-13-19-46-25-34-52(35-26-46)56-43-50(23-17-11-5)33-42-57(56)63(55-40-31-49(32-41-55)22-16-10-4)59-45-51(24-18-12-6)44-58(60(59)61)62(53-36-27-47(28-37-53)20-14-8-2)54-38-29-48(30-39-54)21-15-9-3/h25-45H,7-24H2,1-6H3. The van der Waals surface area contributed by atoms with Crippen molar-refractivity contribution in [2.75, 3.05) is 9.80 Å². The third kappa shape index (κ3) is 12.9. The maximum absolute atomic E-state index is 8.09. The summed E-state index contributed by atoms with van der Waals surface area (Å²) in [5.41, 5.74) is 17.2.